The number of esters is 1. The van der Waals surface area contributed by atoms with Gasteiger partial charge >= 0.3 is 41.3 Å². The molecule has 0 radical (unpaired) electrons. The molecule has 2 aromatic carbocycles. The number of ketones is 1. The van der Waals surface area contributed by atoms with Crippen molar-refractivity contribution < 1.29 is 121 Å². The van der Waals surface area contributed by atoms with Crippen LogP contribution in [0.5, 0.6) is 23.0 Å². The molecule has 0 aliphatic carbocycles. The number of ether oxygens (including phenoxy) is 4. The van der Waals surface area contributed by atoms with Crippen LogP contribution in [0.2, 0.25) is 0 Å². The number of carbonyl (C=O) groups excluding carboxylic acids is 3. The molecule has 0 saturated heterocycles. The SMILES string of the molecule is COC1/C=C/OC2(C)Oc3c(C)c(O)c4c(O)c(cc([O-])c4c3C2=O)NC(=O)/C(C)=C\C=C\C(C)C(O)C(C)C(O)C(C)C(OC(C)=O)C1C.O.O.O.O.O.O.[Na+]. The molecule has 5 bridgehead atoms. The van der Waals surface area contributed by atoms with Crippen LogP contribution in [0, 0.1) is 30.6 Å². The summed E-state index contributed by atoms with van der Waals surface area (Å²) in [6.07, 6.45) is 3.52. The van der Waals surface area contributed by atoms with Crippen molar-refractivity contribution in [2.24, 2.45) is 23.7 Å². The first kappa shape index (κ1) is 59.9. The number of hydrogen-bond donors (Lipinski definition) is 5. The van der Waals surface area contributed by atoms with Gasteiger partial charge in [-0.05, 0) is 31.4 Å². The van der Waals surface area contributed by atoms with Crippen LogP contribution < -0.4 is 44.7 Å². The van der Waals surface area contributed by atoms with Gasteiger partial charge in [-0.2, -0.15) is 0 Å². The molecule has 5 rings (SSSR count). The van der Waals surface area contributed by atoms with E-state index in [1.165, 1.54) is 53.2 Å². The van der Waals surface area contributed by atoms with Crippen LogP contribution in [-0.4, -0.2) is 108 Å². The summed E-state index contributed by atoms with van der Waals surface area (Å²) in [5.41, 5.74) is -0.266. The van der Waals surface area contributed by atoms with Crippen molar-refractivity contribution in [3.63, 3.8) is 0 Å². The van der Waals surface area contributed by atoms with Crippen LogP contribution >= 0.6 is 0 Å². The Bertz CT molecular complexity index is 1780. The first-order valence-corrected chi connectivity index (χ1v) is 16.4. The molecule has 9 atom stereocenters. The molecule has 9 unspecified atom stereocenters. The van der Waals surface area contributed by atoms with E-state index in [1.807, 2.05) is 0 Å². The number of carbonyl (C=O) groups is 3. The third kappa shape index (κ3) is 11.6. The largest absolute Gasteiger partial charge is 1.00 e. The minimum Gasteiger partial charge on any atom is -0.872 e. The van der Waals surface area contributed by atoms with Crippen molar-refractivity contribution in [2.75, 3.05) is 12.4 Å². The molecule has 0 aromatic heterocycles. The summed E-state index contributed by atoms with van der Waals surface area (Å²) in [7, 11) is 1.43. The van der Waals surface area contributed by atoms with E-state index in [-0.39, 0.29) is 101 Å². The maximum Gasteiger partial charge on any atom is 1.00 e. The van der Waals surface area contributed by atoms with Gasteiger partial charge in [0.05, 0.1) is 41.2 Å². The van der Waals surface area contributed by atoms with Crippen LogP contribution in [-0.2, 0) is 23.8 Å². The summed E-state index contributed by atoms with van der Waals surface area (Å²) in [6.45, 7) is 12.4. The normalized spacial score (nSPS) is 29.1. The number of anilines is 1. The molecule has 320 valence electrons. The fraction of sp³-hybridized carbons (Fsp3) is 0.486. The molecule has 19 nitrogen and oxygen atoms in total. The number of phenols is 2. The first-order chi connectivity index (χ1) is 23.4. The average Bonchev–Trinajstić information content (AvgIpc) is 3.33. The number of aromatic hydroxyl groups is 2. The van der Waals surface area contributed by atoms with E-state index in [2.05, 4.69) is 5.32 Å². The molecular weight excluding hydrogens is 769 g/mol. The van der Waals surface area contributed by atoms with E-state index in [4.69, 9.17) is 18.9 Å². The second-order valence-electron chi connectivity index (χ2n) is 13.4. The second-order valence-corrected chi connectivity index (χ2v) is 13.4. The molecule has 20 heteroatoms. The molecule has 3 heterocycles. The second kappa shape index (κ2) is 23.5. The maximum absolute atomic E-state index is 13.9. The van der Waals surface area contributed by atoms with Crippen LogP contribution in [0.1, 0.15) is 64.4 Å². The van der Waals surface area contributed by atoms with Crippen molar-refractivity contribution in [1.82, 2.24) is 0 Å². The van der Waals surface area contributed by atoms with Gasteiger partial charge in [0.15, 0.2) is 5.75 Å². The predicted octanol–water partition coefficient (Wildman–Crippen LogP) is -3.82. The predicted molar refractivity (Wildman–Crippen MR) is 203 cm³/mol. The van der Waals surface area contributed by atoms with Gasteiger partial charge in [-0.3, -0.25) is 14.4 Å². The summed E-state index contributed by atoms with van der Waals surface area (Å²) >= 11 is 0. The first-order valence-electron chi connectivity index (χ1n) is 16.4. The minimum absolute atomic E-state index is 0. The summed E-state index contributed by atoms with van der Waals surface area (Å²) in [4.78, 5) is 39.2. The Labute approximate surface area is 352 Å². The van der Waals surface area contributed by atoms with E-state index >= 15 is 0 Å². The zero-order valence-corrected chi connectivity index (χ0v) is 35.6. The van der Waals surface area contributed by atoms with Gasteiger partial charge in [-0.1, -0.05) is 51.7 Å². The minimum atomic E-state index is -2.01. The Balaban J connectivity index is -0.00000201. The number of amides is 1. The summed E-state index contributed by atoms with van der Waals surface area (Å²) in [5.74, 6) is -8.49. The van der Waals surface area contributed by atoms with Gasteiger partial charge in [-0.15, -0.1) is 0 Å². The summed E-state index contributed by atoms with van der Waals surface area (Å²) in [6, 6.07) is 0.951. The van der Waals surface area contributed by atoms with Gasteiger partial charge in [0, 0.05) is 55.8 Å². The summed E-state index contributed by atoms with van der Waals surface area (Å²) in [5, 5.41) is 60.2. The average molecular weight is 828 g/mol. The van der Waals surface area contributed by atoms with Crippen LogP contribution in [0.15, 0.2) is 42.2 Å². The van der Waals surface area contributed by atoms with Gasteiger partial charge in [0.2, 0.25) is 0 Å². The smallest absolute Gasteiger partial charge is 0.872 e. The van der Waals surface area contributed by atoms with Crippen LogP contribution in [0.4, 0.5) is 5.69 Å². The van der Waals surface area contributed by atoms with E-state index in [9.17, 15) is 39.9 Å². The number of aliphatic hydroxyl groups excluding tert-OH is 2. The van der Waals surface area contributed by atoms with Gasteiger partial charge in [0.1, 0.15) is 17.6 Å². The Morgan fingerprint density at radius 1 is 0.895 bits per heavy atom. The zero-order valence-electron chi connectivity index (χ0n) is 33.6. The summed E-state index contributed by atoms with van der Waals surface area (Å²) < 4.78 is 23.1. The van der Waals surface area contributed by atoms with Gasteiger partial charge in [0.25, 0.3) is 11.7 Å². The van der Waals surface area contributed by atoms with Crippen molar-refractivity contribution in [2.45, 2.75) is 85.6 Å². The van der Waals surface area contributed by atoms with Crippen molar-refractivity contribution >= 4 is 34.1 Å². The number of allylic oxidation sites excluding steroid dienone is 2. The Hall–Kier alpha value is -3.83. The number of rotatable bonds is 2. The number of hydrogen-bond acceptors (Lipinski definition) is 12. The quantitative estimate of drug-likeness (QED) is 0.111. The maximum atomic E-state index is 13.9. The standard InChI is InChI=1S/C37H47NO12.Na.6H2O/c1-16-11-10-12-17(2)36(46)38-23-15-24(40)26-27(32(23)44)31(43)21(6)34-28(26)35(45)37(8,50-34)48-14-13-25(47-9)18(3)33(49-22(7)39)20(5)30(42)19(4)29(16)41;;;;;;;/h10-16,18-20,25,29-30,33,40-44H,1-9H3,(H,38,46);;6*1H2/q;+1;;;;;;/p-1/b11-10+,14-13+,17-12-;;;;;;;. The third-order valence-electron chi connectivity index (χ3n) is 9.82. The van der Waals surface area contributed by atoms with Gasteiger partial charge in [-0.25, -0.2) is 0 Å². The van der Waals surface area contributed by atoms with Crippen molar-refractivity contribution in [3.05, 3.63) is 53.3 Å². The molecule has 57 heavy (non-hydrogen) atoms. The molecular formula is C37H58NNaO18. The number of benzene rings is 2. The zero-order chi connectivity index (χ0) is 37.4. The molecule has 3 aliphatic rings. The molecule has 17 N–H and O–H groups in total. The fourth-order valence-electron chi connectivity index (χ4n) is 6.63. The molecule has 0 saturated carbocycles. The van der Waals surface area contributed by atoms with Gasteiger partial charge < -0.3 is 82.7 Å². The fourth-order valence-corrected chi connectivity index (χ4v) is 6.63. The number of phenolic OH excluding ortho intramolecular Hbond substituents is 2. The van der Waals surface area contributed by atoms with E-state index in [0.717, 1.165) is 6.07 Å². The number of fused-ring (bicyclic) bond motifs is 14. The molecule has 2 aromatic rings. The number of nitrogens with one attached hydrogen (secondary N) is 1. The van der Waals surface area contributed by atoms with Crippen LogP contribution in [0.3, 0.4) is 0 Å². The molecule has 1 amide bonds. The third-order valence-corrected chi connectivity index (χ3v) is 9.82. The number of Topliss-reactive ketones (excluding diaryl/α,β-unsaturated/α-hetero) is 1. The number of methoxy groups -OCH3 is 1. The Morgan fingerprint density at radius 2 is 1.47 bits per heavy atom. The molecule has 3 aliphatic heterocycles. The Kier molecular flexibility index (Phi) is 24.7. The topological polar surface area (TPSA) is 393 Å². The molecule has 0 fully saturated rings. The monoisotopic (exact) mass is 827 g/mol. The Morgan fingerprint density at radius 3 is 2.02 bits per heavy atom. The van der Waals surface area contributed by atoms with E-state index in [0.29, 0.717) is 0 Å². The number of aliphatic hydroxyl groups is 2. The van der Waals surface area contributed by atoms with Crippen molar-refractivity contribution in [1.29, 1.82) is 0 Å². The van der Waals surface area contributed by atoms with Crippen molar-refractivity contribution in [3.8, 4) is 23.0 Å². The van der Waals surface area contributed by atoms with E-state index in [1.54, 1.807) is 39.8 Å². The van der Waals surface area contributed by atoms with E-state index < -0.39 is 88.8 Å². The molecule has 0 spiro atoms. The van der Waals surface area contributed by atoms with Crippen LogP contribution in [0.25, 0.3) is 10.8 Å².